The third-order valence-corrected chi connectivity index (χ3v) is 1.06. The minimum absolute atomic E-state index is 0.0922. The van der Waals surface area contributed by atoms with Crippen LogP contribution in [0.15, 0.2) is 0 Å². The predicted molar refractivity (Wildman–Crippen MR) is 24.2 cm³/mol. The Morgan fingerprint density at radius 1 is 1.80 bits per heavy atom. The molecule has 0 saturated carbocycles. The van der Waals surface area contributed by atoms with Gasteiger partial charge in [-0.2, -0.15) is 0 Å². The smallest absolute Gasteiger partial charge is 0.0775 e. The first kappa shape index (κ1) is 5.10. The molecule has 0 aliphatic rings. The van der Waals surface area contributed by atoms with Crippen LogP contribution < -0.4 is 0 Å². The zero-order valence-corrected chi connectivity index (χ0v) is 4.32. The first-order chi connectivity index (χ1) is 2.41. The molecular formula is C3H8OP+. The highest BCUT2D eigenvalue weighted by Crippen LogP contribution is 1.90. The SMILES string of the molecule is CCC[PH+]=O. The van der Waals surface area contributed by atoms with Crippen LogP contribution in [0.5, 0.6) is 0 Å². The van der Waals surface area contributed by atoms with E-state index in [1.54, 1.807) is 0 Å². The van der Waals surface area contributed by atoms with E-state index in [2.05, 4.69) is 0 Å². The summed E-state index contributed by atoms with van der Waals surface area (Å²) in [6.07, 6.45) is 1.90. The van der Waals surface area contributed by atoms with Crippen molar-refractivity contribution in [2.75, 3.05) is 6.16 Å². The largest absolute Gasteiger partial charge is 0.324 e. The van der Waals surface area contributed by atoms with E-state index in [4.69, 9.17) is 0 Å². The topological polar surface area (TPSA) is 17.1 Å². The lowest BCUT2D eigenvalue weighted by Crippen LogP contribution is -1.57. The number of rotatable bonds is 2. The molecule has 0 saturated heterocycles. The molecule has 0 radical (unpaired) electrons. The van der Waals surface area contributed by atoms with Crippen molar-refractivity contribution in [1.29, 1.82) is 0 Å². The van der Waals surface area contributed by atoms with Gasteiger partial charge in [-0.1, -0.05) is 11.5 Å². The number of hydrogen-bond acceptors (Lipinski definition) is 1. The van der Waals surface area contributed by atoms with Crippen LogP contribution in [-0.4, -0.2) is 6.16 Å². The Balaban J connectivity index is 2.40. The second-order valence-corrected chi connectivity index (χ2v) is 1.68. The molecule has 30 valence electrons. The van der Waals surface area contributed by atoms with Gasteiger partial charge in [0.2, 0.25) is 0 Å². The lowest BCUT2D eigenvalue weighted by Gasteiger charge is -1.58. The maximum atomic E-state index is 9.56. The summed E-state index contributed by atoms with van der Waals surface area (Å²) in [5, 5.41) is 0. The number of hydrogen-bond donors (Lipinski definition) is 0. The quantitative estimate of drug-likeness (QED) is 0.469. The molecule has 0 spiro atoms. The Labute approximate surface area is 33.6 Å². The molecule has 0 aromatic heterocycles. The van der Waals surface area contributed by atoms with Crippen LogP contribution in [0.4, 0.5) is 0 Å². The van der Waals surface area contributed by atoms with Crippen LogP contribution in [0.25, 0.3) is 0 Å². The average Bonchev–Trinajstić information content (AvgIpc) is 1.41. The molecule has 0 amide bonds. The lowest BCUT2D eigenvalue weighted by atomic mass is 10.6. The van der Waals surface area contributed by atoms with Gasteiger partial charge in [-0.05, 0) is 6.42 Å². The molecule has 0 aromatic rings. The molecule has 0 N–H and O–H groups in total. The Bertz CT molecular complexity index is 28.1. The predicted octanol–water partition coefficient (Wildman–Crippen LogP) is 1.42. The van der Waals surface area contributed by atoms with Gasteiger partial charge in [-0.3, -0.25) is 0 Å². The molecular weight excluding hydrogens is 83.0 g/mol. The molecule has 0 aliphatic carbocycles. The van der Waals surface area contributed by atoms with Gasteiger partial charge < -0.3 is 0 Å². The van der Waals surface area contributed by atoms with E-state index in [0.29, 0.717) is 0 Å². The Morgan fingerprint density at radius 3 is 2.40 bits per heavy atom. The highest BCUT2D eigenvalue weighted by Gasteiger charge is 1.78. The van der Waals surface area contributed by atoms with Crippen molar-refractivity contribution < 1.29 is 4.57 Å². The molecule has 5 heavy (non-hydrogen) atoms. The fraction of sp³-hybridized carbons (Fsp3) is 1.00. The normalized spacial score (nSPS) is 9.00. The van der Waals surface area contributed by atoms with Crippen LogP contribution in [0, 0.1) is 0 Å². The second kappa shape index (κ2) is 4.10. The summed E-state index contributed by atoms with van der Waals surface area (Å²) in [4.78, 5) is 0. The van der Waals surface area contributed by atoms with Crippen molar-refractivity contribution in [3.63, 3.8) is 0 Å². The summed E-state index contributed by atoms with van der Waals surface area (Å²) in [7, 11) is -0.0922. The van der Waals surface area contributed by atoms with E-state index in [-0.39, 0.29) is 8.46 Å². The van der Waals surface area contributed by atoms with E-state index >= 15 is 0 Å². The van der Waals surface area contributed by atoms with Crippen molar-refractivity contribution in [2.45, 2.75) is 13.3 Å². The van der Waals surface area contributed by atoms with Gasteiger partial charge in [-0.25, -0.2) is 0 Å². The van der Waals surface area contributed by atoms with Crippen molar-refractivity contribution in [2.24, 2.45) is 0 Å². The average molecular weight is 91.1 g/mol. The Hall–Kier alpha value is 0.100. The molecule has 0 aliphatic heterocycles. The zero-order valence-electron chi connectivity index (χ0n) is 3.32. The van der Waals surface area contributed by atoms with E-state index in [1.807, 2.05) is 6.92 Å². The minimum atomic E-state index is -0.0922. The molecule has 1 unspecified atom stereocenters. The summed E-state index contributed by atoms with van der Waals surface area (Å²) in [5.41, 5.74) is 0. The van der Waals surface area contributed by atoms with Crippen LogP contribution in [-0.2, 0) is 4.57 Å². The van der Waals surface area contributed by atoms with Crippen LogP contribution in [0.3, 0.4) is 0 Å². The summed E-state index contributed by atoms with van der Waals surface area (Å²) < 4.78 is 9.56. The van der Waals surface area contributed by atoms with Gasteiger partial charge in [0.25, 0.3) is 0 Å². The maximum absolute atomic E-state index is 9.56. The lowest BCUT2D eigenvalue weighted by molar-refractivity contribution is 0.598. The van der Waals surface area contributed by atoms with E-state index in [0.717, 1.165) is 12.6 Å². The fourth-order valence-electron chi connectivity index (χ4n) is 0.102. The molecule has 0 aromatic carbocycles. The summed E-state index contributed by atoms with van der Waals surface area (Å²) >= 11 is 0. The first-order valence-corrected chi connectivity index (χ1v) is 2.88. The maximum Gasteiger partial charge on any atom is 0.324 e. The van der Waals surface area contributed by atoms with Crippen molar-refractivity contribution in [3.8, 4) is 0 Å². The Kier molecular flexibility index (Phi) is 4.18. The molecule has 1 atom stereocenters. The Morgan fingerprint density at radius 2 is 2.40 bits per heavy atom. The molecule has 0 heterocycles. The van der Waals surface area contributed by atoms with Gasteiger partial charge in [0.15, 0.2) is 0 Å². The minimum Gasteiger partial charge on any atom is -0.0775 e. The highest BCUT2D eigenvalue weighted by atomic mass is 31.1. The third kappa shape index (κ3) is 4.10. The van der Waals surface area contributed by atoms with Crippen LogP contribution in [0.1, 0.15) is 13.3 Å². The van der Waals surface area contributed by atoms with Crippen LogP contribution >= 0.6 is 8.46 Å². The highest BCUT2D eigenvalue weighted by molar-refractivity contribution is 7.23. The van der Waals surface area contributed by atoms with Gasteiger partial charge in [0.05, 0.1) is 0 Å². The summed E-state index contributed by atoms with van der Waals surface area (Å²) in [6, 6.07) is 0. The van der Waals surface area contributed by atoms with Gasteiger partial charge in [0.1, 0.15) is 6.16 Å². The van der Waals surface area contributed by atoms with E-state index in [9.17, 15) is 4.57 Å². The van der Waals surface area contributed by atoms with Crippen molar-refractivity contribution in [1.82, 2.24) is 0 Å². The van der Waals surface area contributed by atoms with Crippen LogP contribution in [0.2, 0.25) is 0 Å². The molecule has 1 nitrogen and oxygen atoms in total. The molecule has 0 fully saturated rings. The van der Waals surface area contributed by atoms with Crippen molar-refractivity contribution >= 4 is 8.46 Å². The second-order valence-electron chi connectivity index (χ2n) is 0.894. The molecule has 0 rings (SSSR count). The fourth-order valence-corrected chi connectivity index (χ4v) is 0.306. The summed E-state index contributed by atoms with van der Waals surface area (Å²) in [5.74, 6) is 0. The zero-order chi connectivity index (χ0) is 4.12. The first-order valence-electron chi connectivity index (χ1n) is 1.76. The van der Waals surface area contributed by atoms with Gasteiger partial charge in [0, 0.05) is 0 Å². The molecule has 0 bridgehead atoms. The standard InChI is InChI=1S/C3H7OP/c1-2-3-5-4/h2-3H2,1H3/p+1. The van der Waals surface area contributed by atoms with Gasteiger partial charge >= 0.3 is 8.46 Å². The van der Waals surface area contributed by atoms with E-state index < -0.39 is 0 Å². The molecule has 2 heteroatoms. The van der Waals surface area contributed by atoms with Crippen molar-refractivity contribution in [3.05, 3.63) is 0 Å². The monoisotopic (exact) mass is 91.0 g/mol. The third-order valence-electron chi connectivity index (χ3n) is 0.352. The summed E-state index contributed by atoms with van der Waals surface area (Å²) in [6.45, 7) is 2.02. The van der Waals surface area contributed by atoms with E-state index in [1.165, 1.54) is 0 Å². The van der Waals surface area contributed by atoms with Gasteiger partial charge in [-0.15, -0.1) is 0 Å².